The first-order chi connectivity index (χ1) is 14.4. The Morgan fingerprint density at radius 1 is 0.967 bits per heavy atom. The number of hydrogen-bond donors (Lipinski definition) is 2. The molecule has 1 aromatic carbocycles. The quantitative estimate of drug-likeness (QED) is 0.551. The van der Waals surface area contributed by atoms with Crippen molar-refractivity contribution < 1.29 is 17.9 Å². The Kier molecular flexibility index (Phi) is 5.69. The molecule has 2 N–H and O–H groups in total. The second-order valence-electron chi connectivity index (χ2n) is 7.02. The number of anilines is 3. The normalized spacial score (nSPS) is 14.5. The standard InChI is InChI=1S/C21H20F3N5O/c22-21(23,24)30-17-7-3-6-16(12-17)26-19-13-18(14-8-10-25-11-9-14)28-20(29-19)27-15-4-1-2-5-15/h3,6-13,15H,1-2,4-5H2,(H2,26,27,28,29). The first-order valence-electron chi connectivity index (χ1n) is 9.63. The van der Waals surface area contributed by atoms with Crippen molar-refractivity contribution in [1.82, 2.24) is 15.0 Å². The number of pyridine rings is 1. The van der Waals surface area contributed by atoms with Gasteiger partial charge in [-0.15, -0.1) is 13.2 Å². The van der Waals surface area contributed by atoms with Crippen LogP contribution in [-0.2, 0) is 0 Å². The Labute approximate surface area is 171 Å². The Morgan fingerprint density at radius 2 is 1.73 bits per heavy atom. The van der Waals surface area contributed by atoms with Gasteiger partial charge >= 0.3 is 6.36 Å². The average Bonchev–Trinajstić information content (AvgIpc) is 3.20. The largest absolute Gasteiger partial charge is 0.573 e. The maximum atomic E-state index is 12.5. The molecule has 0 radical (unpaired) electrons. The van der Waals surface area contributed by atoms with Crippen molar-refractivity contribution in [3.63, 3.8) is 0 Å². The summed E-state index contributed by atoms with van der Waals surface area (Å²) in [5.74, 6) is 0.628. The van der Waals surface area contributed by atoms with E-state index in [0.717, 1.165) is 18.4 Å². The fourth-order valence-electron chi connectivity index (χ4n) is 3.42. The molecule has 0 saturated heterocycles. The second-order valence-corrected chi connectivity index (χ2v) is 7.02. The molecular formula is C21H20F3N5O. The molecule has 1 aliphatic rings. The van der Waals surface area contributed by atoms with Crippen molar-refractivity contribution in [3.05, 3.63) is 54.9 Å². The van der Waals surface area contributed by atoms with E-state index in [1.165, 1.54) is 31.0 Å². The van der Waals surface area contributed by atoms with E-state index in [-0.39, 0.29) is 5.75 Å². The summed E-state index contributed by atoms with van der Waals surface area (Å²) in [7, 11) is 0. The Morgan fingerprint density at radius 3 is 2.47 bits per heavy atom. The van der Waals surface area contributed by atoms with Crippen LogP contribution in [0.5, 0.6) is 5.75 Å². The predicted molar refractivity (Wildman–Crippen MR) is 108 cm³/mol. The van der Waals surface area contributed by atoms with Crippen LogP contribution in [0.4, 0.5) is 30.6 Å². The minimum Gasteiger partial charge on any atom is -0.406 e. The zero-order valence-electron chi connectivity index (χ0n) is 16.0. The van der Waals surface area contributed by atoms with Gasteiger partial charge in [0, 0.05) is 41.8 Å². The minimum absolute atomic E-state index is 0.305. The van der Waals surface area contributed by atoms with Gasteiger partial charge in [0.05, 0.1) is 5.69 Å². The van der Waals surface area contributed by atoms with Crippen LogP contribution in [0.2, 0.25) is 0 Å². The molecule has 4 rings (SSSR count). The summed E-state index contributed by atoms with van der Waals surface area (Å²) in [4.78, 5) is 13.1. The summed E-state index contributed by atoms with van der Waals surface area (Å²) >= 11 is 0. The molecule has 2 aromatic heterocycles. The molecule has 0 atom stereocenters. The number of alkyl halides is 3. The molecule has 30 heavy (non-hydrogen) atoms. The van der Waals surface area contributed by atoms with Gasteiger partial charge in [-0.25, -0.2) is 4.98 Å². The van der Waals surface area contributed by atoms with E-state index in [1.54, 1.807) is 24.5 Å². The van der Waals surface area contributed by atoms with Gasteiger partial charge in [0.2, 0.25) is 5.95 Å². The van der Waals surface area contributed by atoms with Crippen molar-refractivity contribution in [3.8, 4) is 17.0 Å². The number of halogens is 3. The van der Waals surface area contributed by atoms with Crippen LogP contribution in [0, 0.1) is 0 Å². The van der Waals surface area contributed by atoms with Gasteiger partial charge in [0.15, 0.2) is 0 Å². The fraction of sp³-hybridized carbons (Fsp3) is 0.286. The van der Waals surface area contributed by atoms with Gasteiger partial charge in [-0.1, -0.05) is 18.9 Å². The van der Waals surface area contributed by atoms with Crippen molar-refractivity contribution in [2.45, 2.75) is 38.1 Å². The molecule has 1 saturated carbocycles. The first-order valence-corrected chi connectivity index (χ1v) is 9.63. The molecule has 0 bridgehead atoms. The molecule has 9 heteroatoms. The van der Waals surface area contributed by atoms with E-state index in [0.29, 0.717) is 29.2 Å². The average molecular weight is 415 g/mol. The van der Waals surface area contributed by atoms with Gasteiger partial charge in [-0.05, 0) is 37.1 Å². The third-order valence-corrected chi connectivity index (χ3v) is 4.73. The SMILES string of the molecule is FC(F)(F)Oc1cccc(Nc2cc(-c3ccncc3)nc(NC3CCCC3)n2)c1. The van der Waals surface area contributed by atoms with E-state index >= 15 is 0 Å². The molecule has 0 unspecified atom stereocenters. The summed E-state index contributed by atoms with van der Waals surface area (Å²) in [6, 6.07) is 11.4. The number of nitrogens with one attached hydrogen (secondary N) is 2. The highest BCUT2D eigenvalue weighted by Gasteiger charge is 2.31. The number of ether oxygens (including phenoxy) is 1. The van der Waals surface area contributed by atoms with Crippen LogP contribution in [0.1, 0.15) is 25.7 Å². The monoisotopic (exact) mass is 415 g/mol. The summed E-state index contributed by atoms with van der Waals surface area (Å²) in [5.41, 5.74) is 1.96. The van der Waals surface area contributed by atoms with Crippen molar-refractivity contribution in [2.24, 2.45) is 0 Å². The van der Waals surface area contributed by atoms with Crippen LogP contribution in [0.15, 0.2) is 54.9 Å². The number of nitrogens with zero attached hydrogens (tertiary/aromatic N) is 3. The molecule has 1 aliphatic carbocycles. The highest BCUT2D eigenvalue weighted by atomic mass is 19.4. The Bertz CT molecular complexity index is 991. The fourth-order valence-corrected chi connectivity index (χ4v) is 3.42. The zero-order valence-corrected chi connectivity index (χ0v) is 16.0. The molecule has 0 spiro atoms. The van der Waals surface area contributed by atoms with Crippen LogP contribution >= 0.6 is 0 Å². The maximum absolute atomic E-state index is 12.5. The molecular weight excluding hydrogens is 395 g/mol. The minimum atomic E-state index is -4.75. The van der Waals surface area contributed by atoms with Crippen LogP contribution in [-0.4, -0.2) is 27.4 Å². The lowest BCUT2D eigenvalue weighted by atomic mass is 10.2. The van der Waals surface area contributed by atoms with Crippen LogP contribution in [0.3, 0.4) is 0 Å². The van der Waals surface area contributed by atoms with Gasteiger partial charge in [0.1, 0.15) is 11.6 Å². The summed E-state index contributed by atoms with van der Waals surface area (Å²) in [6.45, 7) is 0. The van der Waals surface area contributed by atoms with Crippen molar-refractivity contribution in [1.29, 1.82) is 0 Å². The molecule has 156 valence electrons. The summed E-state index contributed by atoms with van der Waals surface area (Å²) < 4.78 is 41.5. The number of benzene rings is 1. The molecule has 2 heterocycles. The molecule has 0 amide bonds. The number of aromatic nitrogens is 3. The Balaban J connectivity index is 1.62. The lowest BCUT2D eigenvalue weighted by Gasteiger charge is -2.15. The maximum Gasteiger partial charge on any atom is 0.573 e. The lowest BCUT2D eigenvalue weighted by Crippen LogP contribution is -2.17. The molecule has 6 nitrogen and oxygen atoms in total. The van der Waals surface area contributed by atoms with Crippen molar-refractivity contribution in [2.75, 3.05) is 10.6 Å². The Hall–Kier alpha value is -3.36. The summed E-state index contributed by atoms with van der Waals surface area (Å²) in [5, 5.41) is 6.42. The van der Waals surface area contributed by atoms with Gasteiger partial charge in [0.25, 0.3) is 0 Å². The van der Waals surface area contributed by atoms with Gasteiger partial charge in [-0.2, -0.15) is 4.98 Å². The lowest BCUT2D eigenvalue weighted by molar-refractivity contribution is -0.274. The van der Waals surface area contributed by atoms with Crippen LogP contribution < -0.4 is 15.4 Å². The number of rotatable bonds is 6. The number of hydrogen-bond acceptors (Lipinski definition) is 6. The van der Waals surface area contributed by atoms with Crippen molar-refractivity contribution >= 4 is 17.5 Å². The summed E-state index contributed by atoms with van der Waals surface area (Å²) in [6.07, 6.45) is 3.04. The second kappa shape index (κ2) is 8.56. The van der Waals surface area contributed by atoms with Crippen LogP contribution in [0.25, 0.3) is 11.3 Å². The van der Waals surface area contributed by atoms with E-state index in [4.69, 9.17) is 0 Å². The first kappa shape index (κ1) is 19.9. The highest BCUT2D eigenvalue weighted by molar-refractivity contribution is 5.67. The zero-order chi connectivity index (χ0) is 21.0. The molecule has 0 aliphatic heterocycles. The van der Waals surface area contributed by atoms with Gasteiger partial charge in [-0.3, -0.25) is 4.98 Å². The van der Waals surface area contributed by atoms with Gasteiger partial charge < -0.3 is 15.4 Å². The topological polar surface area (TPSA) is 72.0 Å². The predicted octanol–water partition coefficient (Wildman–Crippen LogP) is 5.54. The smallest absolute Gasteiger partial charge is 0.406 e. The molecule has 1 fully saturated rings. The van der Waals surface area contributed by atoms with E-state index in [1.807, 2.05) is 12.1 Å². The third-order valence-electron chi connectivity index (χ3n) is 4.73. The third kappa shape index (κ3) is 5.37. The molecule has 3 aromatic rings. The highest BCUT2D eigenvalue weighted by Crippen LogP contribution is 2.29. The van der Waals surface area contributed by atoms with E-state index in [9.17, 15) is 13.2 Å². The van der Waals surface area contributed by atoms with E-state index in [2.05, 4.69) is 30.3 Å². The van der Waals surface area contributed by atoms with E-state index < -0.39 is 6.36 Å².